The number of aromatic nitrogens is 5. The van der Waals surface area contributed by atoms with Gasteiger partial charge in [0.1, 0.15) is 17.8 Å². The Bertz CT molecular complexity index is 3060. The van der Waals surface area contributed by atoms with Crippen LogP contribution in [-0.2, 0) is 38.6 Å². The quantitative estimate of drug-likeness (QED) is 0.0451. The van der Waals surface area contributed by atoms with Gasteiger partial charge >= 0.3 is 0 Å². The zero-order valence-corrected chi connectivity index (χ0v) is 45.6. The number of H-pyrrole nitrogens is 1. The number of aromatic amines is 1. The summed E-state index contributed by atoms with van der Waals surface area (Å²) in [6, 6.07) is 13.4. The number of carbonyl (C=O) groups excluding carboxylic acids is 5. The molecule has 6 atom stereocenters. The Hall–Kier alpha value is -6.61. The summed E-state index contributed by atoms with van der Waals surface area (Å²) in [5.74, 6) is -5.15. The van der Waals surface area contributed by atoms with Crippen molar-refractivity contribution in [3.05, 3.63) is 100 Å². The highest BCUT2D eigenvalue weighted by atomic mass is 32.1. The van der Waals surface area contributed by atoms with E-state index in [9.17, 15) is 42.3 Å². The minimum atomic E-state index is -2.77. The monoisotopic (exact) mass is 1090 g/mol. The fourth-order valence-electron chi connectivity index (χ4n) is 11.6. The number of alkyl halides is 3. The van der Waals surface area contributed by atoms with Crippen LogP contribution < -0.4 is 20.7 Å². The van der Waals surface area contributed by atoms with Crippen LogP contribution in [0.15, 0.2) is 66.4 Å². The number of likely N-dealkylation sites (tertiary alicyclic amines) is 2. The highest BCUT2D eigenvalue weighted by Gasteiger charge is 2.78. The van der Waals surface area contributed by atoms with Crippen molar-refractivity contribution in [1.82, 2.24) is 45.4 Å². The summed E-state index contributed by atoms with van der Waals surface area (Å²) in [7, 11) is 0. The number of carbonyl (C=O) groups is 5. The van der Waals surface area contributed by atoms with Gasteiger partial charge in [0.15, 0.2) is 11.4 Å². The number of nitrogens with one attached hydrogen (secondary N) is 4. The average Bonchev–Trinajstić information content (AvgIpc) is 3.99. The summed E-state index contributed by atoms with van der Waals surface area (Å²) < 4.78 is 52.0. The van der Waals surface area contributed by atoms with E-state index < -0.39 is 70.2 Å². The number of ether oxygens (including phenoxy) is 1. The predicted molar refractivity (Wildman–Crippen MR) is 285 cm³/mol. The Balaban J connectivity index is 0.681. The van der Waals surface area contributed by atoms with Gasteiger partial charge in [-0.2, -0.15) is 10.2 Å². The molecule has 0 spiro atoms. The minimum absolute atomic E-state index is 0.0121. The smallest absolute Gasteiger partial charge is 0.276 e. The molecule has 5 N–H and O–H groups in total. The Morgan fingerprint density at radius 3 is 2.45 bits per heavy atom. The van der Waals surface area contributed by atoms with Crippen molar-refractivity contribution in [2.24, 2.45) is 22.7 Å². The second-order valence-corrected chi connectivity index (χ2v) is 24.2. The number of fused-ring (bicyclic) bond motifs is 2. The number of hydrogen-bond acceptors (Lipinski definition) is 11. The van der Waals surface area contributed by atoms with Crippen LogP contribution in [0.3, 0.4) is 0 Å². The third-order valence-corrected chi connectivity index (χ3v) is 17.6. The molecule has 4 fully saturated rings. The van der Waals surface area contributed by atoms with Crippen LogP contribution in [0.25, 0.3) is 10.4 Å². The van der Waals surface area contributed by atoms with Crippen molar-refractivity contribution in [3.8, 4) is 16.2 Å². The second kappa shape index (κ2) is 21.6. The maximum absolute atomic E-state index is 14.7. The highest BCUT2D eigenvalue weighted by molar-refractivity contribution is 7.13. The number of β-amino-alcohol motifs (C(OH)–C–C–N with tert-alkyl or cyclic N) is 1. The van der Waals surface area contributed by atoms with Gasteiger partial charge in [-0.3, -0.25) is 33.8 Å². The molecule has 2 aromatic carbocycles. The van der Waals surface area contributed by atoms with E-state index >= 15 is 0 Å². The largest absolute Gasteiger partial charge is 0.493 e. The Morgan fingerprint density at radius 2 is 1.73 bits per heavy atom. The molecule has 21 heteroatoms. The van der Waals surface area contributed by atoms with E-state index in [0.29, 0.717) is 48.8 Å². The number of halogens is 3. The number of rotatable bonds is 21. The molecule has 2 aliphatic heterocycles. The lowest BCUT2D eigenvalue weighted by Crippen LogP contribution is -2.59. The number of unbranched alkanes of at least 4 members (excludes halogenated alkanes) is 4. The highest BCUT2D eigenvalue weighted by Crippen LogP contribution is 2.70. The molecule has 5 heterocycles. The topological polar surface area (TPSA) is 217 Å². The van der Waals surface area contributed by atoms with Crippen molar-refractivity contribution in [3.63, 3.8) is 0 Å². The van der Waals surface area contributed by atoms with Gasteiger partial charge in [-0.25, -0.2) is 18.2 Å². The summed E-state index contributed by atoms with van der Waals surface area (Å²) in [5, 5.41) is 30.8. The molecule has 2 saturated carbocycles. The fourth-order valence-corrected chi connectivity index (χ4v) is 12.4. The van der Waals surface area contributed by atoms with Crippen molar-refractivity contribution in [2.45, 2.75) is 148 Å². The molecule has 2 saturated heterocycles. The number of aliphatic hydroxyl groups excluding tert-OH is 1. The molecule has 3 aliphatic carbocycles. The number of hydrogen-bond donors (Lipinski definition) is 5. The van der Waals surface area contributed by atoms with Gasteiger partial charge < -0.3 is 35.6 Å². The van der Waals surface area contributed by atoms with Crippen LogP contribution in [0.4, 0.5) is 18.9 Å². The molecule has 5 amide bonds. The first-order valence-electron chi connectivity index (χ1n) is 27.2. The number of benzene rings is 2. The molecule has 78 heavy (non-hydrogen) atoms. The Labute approximate surface area is 455 Å². The van der Waals surface area contributed by atoms with Gasteiger partial charge in [-0.15, -0.1) is 11.3 Å². The van der Waals surface area contributed by atoms with E-state index in [4.69, 9.17) is 4.74 Å². The maximum atomic E-state index is 14.7. The van der Waals surface area contributed by atoms with Crippen molar-refractivity contribution in [1.29, 1.82) is 0 Å². The predicted octanol–water partition coefficient (Wildman–Crippen LogP) is 7.74. The molecule has 10 rings (SSSR count). The van der Waals surface area contributed by atoms with E-state index in [1.165, 1.54) is 16.2 Å². The van der Waals surface area contributed by atoms with Crippen LogP contribution in [0.5, 0.6) is 5.75 Å². The standard InChI is InChI=1S/C57H69F3N10O7S/c1-33-48(78-32-62-33)35-17-18-36(26-61-50(73)42-23-39(71)31-69(42)52(75)49(54(2,3)4)65-53(76)56(58)19-20-56)43(22-35)77-21-13-8-6-7-12-16-45(72)68-28-37(29-68)47(34-14-10-9-11-15-34)70-30-38(27-63-70)64-51(74)46-40-24-44-55(5,57(44,59)60)25-41(40)66-67-46/h9-11,14-15,17-18,22,27,30,32,37,39,42,44,47,49,71H,6-8,12-13,16,19-21,23-26,28-29,31H2,1-5H3,(H,61,73)(H,64,74)(H,65,76)(H,66,67)/t39-,42+,44+,47-,49-,55-/m1/s1. The molecule has 0 radical (unpaired) electrons. The minimum Gasteiger partial charge on any atom is -0.493 e. The van der Waals surface area contributed by atoms with Gasteiger partial charge in [0.2, 0.25) is 17.7 Å². The molecular formula is C57H69F3N10O7S. The zero-order chi connectivity index (χ0) is 55.3. The molecule has 416 valence electrons. The molecule has 0 bridgehead atoms. The summed E-state index contributed by atoms with van der Waals surface area (Å²) in [6.07, 6.45) is 7.42. The van der Waals surface area contributed by atoms with Gasteiger partial charge in [0.05, 0.1) is 46.7 Å². The third kappa shape index (κ3) is 11.0. The maximum Gasteiger partial charge on any atom is 0.276 e. The average molecular weight is 1100 g/mol. The number of thiazole rings is 1. The molecular weight excluding hydrogens is 1030 g/mol. The number of anilines is 1. The number of aliphatic hydroxyl groups is 1. The first kappa shape index (κ1) is 54.7. The summed E-state index contributed by atoms with van der Waals surface area (Å²) >= 11 is 1.52. The third-order valence-electron chi connectivity index (χ3n) is 16.7. The number of amides is 5. The van der Waals surface area contributed by atoms with Crippen molar-refractivity contribution < 1.29 is 47.0 Å². The van der Waals surface area contributed by atoms with Crippen LogP contribution >= 0.6 is 11.3 Å². The Morgan fingerprint density at radius 1 is 0.987 bits per heavy atom. The molecule has 5 aromatic rings. The van der Waals surface area contributed by atoms with Crippen LogP contribution in [-0.4, -0.2) is 125 Å². The Kier molecular flexibility index (Phi) is 15.1. The number of nitrogens with zero attached hydrogens (tertiary/aromatic N) is 6. The lowest BCUT2D eigenvalue weighted by Gasteiger charge is -2.43. The number of aryl methyl sites for hydroxylation is 1. The summed E-state index contributed by atoms with van der Waals surface area (Å²) in [5.41, 5.74) is 3.15. The normalized spacial score (nSPS) is 22.6. The van der Waals surface area contributed by atoms with Crippen LogP contribution in [0.2, 0.25) is 0 Å². The second-order valence-electron chi connectivity index (χ2n) is 23.4. The van der Waals surface area contributed by atoms with E-state index in [1.54, 1.807) is 45.6 Å². The lowest BCUT2D eigenvalue weighted by atomic mass is 9.85. The van der Waals surface area contributed by atoms with Crippen LogP contribution in [0.1, 0.15) is 130 Å². The van der Waals surface area contributed by atoms with Crippen molar-refractivity contribution in [2.75, 3.05) is 31.6 Å². The molecule has 17 nitrogen and oxygen atoms in total. The van der Waals surface area contributed by atoms with E-state index in [-0.39, 0.29) is 68.8 Å². The first-order valence-corrected chi connectivity index (χ1v) is 28.1. The SMILES string of the molecule is Cc1ncsc1-c1ccc(CNC(=O)[C@@H]2C[C@@H](O)CN2C(=O)[C@@H](NC(=O)C2(F)CC2)C(C)(C)C)c(OCCCCCCCC(=O)N2CC([C@@H](c3ccccc3)n3cc(NC(=O)c4n[nH]c5c4C[C@@H]4C(F)(F)[C@]4(C)C5)cn3)C2)c1. The molecule has 0 unspecified atom stereocenters. The summed E-state index contributed by atoms with van der Waals surface area (Å²) in [6.45, 7) is 10.3. The van der Waals surface area contributed by atoms with Crippen molar-refractivity contribution >= 4 is 46.6 Å². The molecule has 5 aliphatic rings. The van der Waals surface area contributed by atoms with E-state index in [2.05, 4.69) is 36.2 Å². The zero-order valence-electron chi connectivity index (χ0n) is 44.8. The van der Waals surface area contributed by atoms with E-state index in [0.717, 1.165) is 59.4 Å². The fraction of sp³-hybridized carbons (Fsp3) is 0.544. The van der Waals surface area contributed by atoms with E-state index in [1.807, 2.05) is 65.0 Å². The lowest BCUT2D eigenvalue weighted by molar-refractivity contribution is -0.145. The van der Waals surface area contributed by atoms with Gasteiger partial charge in [0.25, 0.3) is 17.7 Å². The molecule has 3 aromatic heterocycles. The first-order chi connectivity index (χ1) is 37.1. The van der Waals surface area contributed by atoms with Gasteiger partial charge in [-0.05, 0) is 61.6 Å². The van der Waals surface area contributed by atoms with Crippen LogP contribution in [0, 0.1) is 29.6 Å². The van der Waals surface area contributed by atoms with Gasteiger partial charge in [0, 0.05) is 85.7 Å². The van der Waals surface area contributed by atoms with Gasteiger partial charge in [-0.1, -0.05) is 89.4 Å². The summed E-state index contributed by atoms with van der Waals surface area (Å²) in [4.78, 5) is 75.9.